The fourth-order valence-corrected chi connectivity index (χ4v) is 2.22. The van der Waals surface area contributed by atoms with E-state index in [1.165, 1.54) is 6.92 Å². The number of hydrogen-bond acceptors (Lipinski definition) is 3. The van der Waals surface area contributed by atoms with Crippen molar-refractivity contribution in [2.75, 3.05) is 5.32 Å². The minimum atomic E-state index is -0.126. The van der Waals surface area contributed by atoms with E-state index in [2.05, 4.69) is 15.3 Å². The molecule has 2 heterocycles. The number of fused-ring (bicyclic) bond motifs is 1. The first kappa shape index (κ1) is 12.3. The number of rotatable bonds is 2. The van der Waals surface area contributed by atoms with E-state index < -0.39 is 0 Å². The van der Waals surface area contributed by atoms with Gasteiger partial charge in [0, 0.05) is 24.9 Å². The third-order valence-corrected chi connectivity index (χ3v) is 3.12. The molecular formula is C15H14N4O. The summed E-state index contributed by atoms with van der Waals surface area (Å²) in [4.78, 5) is 20.1. The first-order valence-electron chi connectivity index (χ1n) is 6.32. The summed E-state index contributed by atoms with van der Waals surface area (Å²) >= 11 is 0. The average molecular weight is 266 g/mol. The minimum Gasteiger partial charge on any atom is -0.310 e. The fourth-order valence-electron chi connectivity index (χ4n) is 2.22. The Kier molecular flexibility index (Phi) is 2.95. The van der Waals surface area contributed by atoms with Gasteiger partial charge in [0.2, 0.25) is 5.91 Å². The van der Waals surface area contributed by atoms with Crippen LogP contribution >= 0.6 is 0 Å². The van der Waals surface area contributed by atoms with E-state index in [-0.39, 0.29) is 5.91 Å². The van der Waals surface area contributed by atoms with Crippen molar-refractivity contribution >= 4 is 17.4 Å². The lowest BCUT2D eigenvalue weighted by molar-refractivity contribution is -0.114. The van der Waals surface area contributed by atoms with Gasteiger partial charge in [0.15, 0.2) is 5.65 Å². The maximum Gasteiger partial charge on any atom is 0.222 e. The molecule has 0 aliphatic heterocycles. The van der Waals surface area contributed by atoms with Gasteiger partial charge < -0.3 is 5.32 Å². The molecule has 5 heteroatoms. The number of anilines is 1. The molecule has 0 unspecified atom stereocenters. The Labute approximate surface area is 116 Å². The molecule has 0 spiro atoms. The molecular weight excluding hydrogens is 252 g/mol. The normalized spacial score (nSPS) is 10.7. The summed E-state index contributed by atoms with van der Waals surface area (Å²) in [6, 6.07) is 7.96. The zero-order chi connectivity index (χ0) is 14.1. The summed E-state index contributed by atoms with van der Waals surface area (Å²) in [5.41, 5.74) is 3.57. The lowest BCUT2D eigenvalue weighted by Crippen LogP contribution is -2.09. The van der Waals surface area contributed by atoms with Gasteiger partial charge in [0.05, 0.1) is 6.20 Å². The zero-order valence-corrected chi connectivity index (χ0v) is 11.3. The van der Waals surface area contributed by atoms with Crippen LogP contribution in [0.25, 0.3) is 16.9 Å². The molecule has 20 heavy (non-hydrogen) atoms. The topological polar surface area (TPSA) is 59.3 Å². The van der Waals surface area contributed by atoms with Crippen LogP contribution in [0.4, 0.5) is 5.82 Å². The van der Waals surface area contributed by atoms with E-state index in [1.807, 2.05) is 35.6 Å². The highest BCUT2D eigenvalue weighted by molar-refractivity contribution is 5.93. The van der Waals surface area contributed by atoms with Gasteiger partial charge in [-0.3, -0.25) is 14.2 Å². The van der Waals surface area contributed by atoms with E-state index in [0.29, 0.717) is 11.5 Å². The van der Waals surface area contributed by atoms with Crippen LogP contribution in [-0.2, 0) is 4.79 Å². The lowest BCUT2D eigenvalue weighted by atomic mass is 10.1. The van der Waals surface area contributed by atoms with Gasteiger partial charge in [0.25, 0.3) is 0 Å². The predicted octanol–water partition coefficient (Wildman–Crippen LogP) is 2.66. The predicted molar refractivity (Wildman–Crippen MR) is 77.5 cm³/mol. The monoisotopic (exact) mass is 266 g/mol. The van der Waals surface area contributed by atoms with Crippen molar-refractivity contribution < 1.29 is 4.79 Å². The van der Waals surface area contributed by atoms with E-state index in [1.54, 1.807) is 18.6 Å². The van der Waals surface area contributed by atoms with E-state index in [9.17, 15) is 4.79 Å². The van der Waals surface area contributed by atoms with Crippen molar-refractivity contribution in [3.05, 3.63) is 48.4 Å². The molecule has 0 saturated carbocycles. The van der Waals surface area contributed by atoms with Crippen molar-refractivity contribution in [1.29, 1.82) is 0 Å². The Morgan fingerprint density at radius 1 is 1.30 bits per heavy atom. The summed E-state index contributed by atoms with van der Waals surface area (Å²) in [7, 11) is 0. The van der Waals surface area contributed by atoms with Crippen LogP contribution in [0.3, 0.4) is 0 Å². The SMILES string of the molecule is CC(=O)Nc1c(-c2ccccc2C)nc2cnccn12. The molecule has 0 radical (unpaired) electrons. The number of hydrogen-bond donors (Lipinski definition) is 1. The van der Waals surface area contributed by atoms with Gasteiger partial charge in [-0.15, -0.1) is 0 Å². The summed E-state index contributed by atoms with van der Waals surface area (Å²) in [5, 5.41) is 2.86. The van der Waals surface area contributed by atoms with Crippen LogP contribution in [0.5, 0.6) is 0 Å². The number of aromatic nitrogens is 3. The molecule has 0 saturated heterocycles. The largest absolute Gasteiger partial charge is 0.310 e. The molecule has 3 rings (SSSR count). The van der Waals surface area contributed by atoms with E-state index in [0.717, 1.165) is 16.8 Å². The van der Waals surface area contributed by atoms with Gasteiger partial charge in [-0.05, 0) is 12.5 Å². The molecule has 0 fully saturated rings. The van der Waals surface area contributed by atoms with E-state index >= 15 is 0 Å². The molecule has 1 aromatic carbocycles. The smallest absolute Gasteiger partial charge is 0.222 e. The Balaban J connectivity index is 2.29. The molecule has 0 bridgehead atoms. The van der Waals surface area contributed by atoms with Gasteiger partial charge in [-0.25, -0.2) is 4.98 Å². The fraction of sp³-hybridized carbons (Fsp3) is 0.133. The molecule has 5 nitrogen and oxygen atoms in total. The van der Waals surface area contributed by atoms with Crippen molar-refractivity contribution in [3.8, 4) is 11.3 Å². The maximum absolute atomic E-state index is 11.5. The maximum atomic E-state index is 11.5. The van der Waals surface area contributed by atoms with Crippen molar-refractivity contribution in [2.24, 2.45) is 0 Å². The molecule has 1 N–H and O–H groups in total. The number of carbonyl (C=O) groups is 1. The quantitative estimate of drug-likeness (QED) is 0.775. The number of amides is 1. The molecule has 2 aromatic heterocycles. The summed E-state index contributed by atoms with van der Waals surface area (Å²) in [6.45, 7) is 3.51. The Morgan fingerprint density at radius 3 is 2.85 bits per heavy atom. The second kappa shape index (κ2) is 4.77. The minimum absolute atomic E-state index is 0.126. The number of imidazole rings is 1. The van der Waals surface area contributed by atoms with Crippen molar-refractivity contribution in [2.45, 2.75) is 13.8 Å². The van der Waals surface area contributed by atoms with Gasteiger partial charge in [-0.2, -0.15) is 0 Å². The zero-order valence-electron chi connectivity index (χ0n) is 11.3. The first-order chi connectivity index (χ1) is 9.66. The van der Waals surface area contributed by atoms with Crippen LogP contribution in [0.1, 0.15) is 12.5 Å². The van der Waals surface area contributed by atoms with Gasteiger partial charge >= 0.3 is 0 Å². The van der Waals surface area contributed by atoms with Crippen molar-refractivity contribution in [3.63, 3.8) is 0 Å². The second-order valence-electron chi connectivity index (χ2n) is 4.61. The third-order valence-electron chi connectivity index (χ3n) is 3.12. The standard InChI is InChI=1S/C15H14N4O/c1-10-5-3-4-6-12(10)14-15(17-11(2)20)19-8-7-16-9-13(19)18-14/h3-9H,1-2H3,(H,17,20). The summed E-state index contributed by atoms with van der Waals surface area (Å²) in [5.74, 6) is 0.544. The third kappa shape index (κ3) is 2.03. The number of aryl methyl sites for hydroxylation is 1. The highest BCUT2D eigenvalue weighted by Gasteiger charge is 2.16. The number of benzene rings is 1. The molecule has 1 amide bonds. The van der Waals surface area contributed by atoms with Gasteiger partial charge in [-0.1, -0.05) is 24.3 Å². The molecule has 0 aliphatic carbocycles. The summed E-state index contributed by atoms with van der Waals surface area (Å²) in [6.07, 6.45) is 5.13. The van der Waals surface area contributed by atoms with Crippen molar-refractivity contribution in [1.82, 2.24) is 14.4 Å². The first-order valence-corrected chi connectivity index (χ1v) is 6.32. The Morgan fingerprint density at radius 2 is 2.10 bits per heavy atom. The van der Waals surface area contributed by atoms with Crippen LogP contribution < -0.4 is 5.32 Å². The Bertz CT molecular complexity index is 791. The van der Waals surface area contributed by atoms with Crippen LogP contribution in [-0.4, -0.2) is 20.3 Å². The number of carbonyl (C=O) groups excluding carboxylic acids is 1. The van der Waals surface area contributed by atoms with E-state index in [4.69, 9.17) is 0 Å². The Hall–Kier alpha value is -2.69. The van der Waals surface area contributed by atoms with Crippen LogP contribution in [0.15, 0.2) is 42.9 Å². The van der Waals surface area contributed by atoms with Crippen LogP contribution in [0, 0.1) is 6.92 Å². The average Bonchev–Trinajstić information content (AvgIpc) is 2.78. The molecule has 100 valence electrons. The molecule has 0 aliphatic rings. The molecule has 0 atom stereocenters. The number of nitrogens with one attached hydrogen (secondary N) is 1. The highest BCUT2D eigenvalue weighted by Crippen LogP contribution is 2.30. The second-order valence-corrected chi connectivity index (χ2v) is 4.61. The highest BCUT2D eigenvalue weighted by atomic mass is 16.1. The molecule has 3 aromatic rings. The summed E-state index contributed by atoms with van der Waals surface area (Å²) < 4.78 is 1.83. The van der Waals surface area contributed by atoms with Crippen LogP contribution in [0.2, 0.25) is 0 Å². The van der Waals surface area contributed by atoms with Gasteiger partial charge in [0.1, 0.15) is 11.5 Å². The number of nitrogens with zero attached hydrogens (tertiary/aromatic N) is 3. The lowest BCUT2D eigenvalue weighted by Gasteiger charge is -2.07.